The molecule has 0 atom stereocenters. The summed E-state index contributed by atoms with van der Waals surface area (Å²) in [6.45, 7) is 0. The van der Waals surface area contributed by atoms with Gasteiger partial charge >= 0.3 is 8.80 Å². The lowest BCUT2D eigenvalue weighted by molar-refractivity contribution is 0.103. The van der Waals surface area contributed by atoms with Crippen LogP contribution in [0.3, 0.4) is 0 Å². The molecule has 2 rings (SSSR count). The summed E-state index contributed by atoms with van der Waals surface area (Å²) < 4.78 is 16.3. The second kappa shape index (κ2) is 7.72. The number of hydrogen-bond acceptors (Lipinski definition) is 5. The first-order valence-electron chi connectivity index (χ1n) is 7.55. The molecule has 6 heteroatoms. The van der Waals surface area contributed by atoms with Gasteiger partial charge in [0.1, 0.15) is 0 Å². The van der Waals surface area contributed by atoms with Crippen LogP contribution in [0.5, 0.6) is 0 Å². The molecule has 0 aliphatic carbocycles. The van der Waals surface area contributed by atoms with Gasteiger partial charge in [-0.3, -0.25) is 4.79 Å². The Hall–Kier alpha value is -1.99. The quantitative estimate of drug-likeness (QED) is 0.568. The van der Waals surface area contributed by atoms with E-state index in [1.807, 2.05) is 55.4 Å². The lowest BCUT2D eigenvalue weighted by Crippen LogP contribution is -2.54. The van der Waals surface area contributed by atoms with E-state index in [2.05, 4.69) is 0 Å². The molecule has 0 aromatic heterocycles. The van der Waals surface area contributed by atoms with Crippen LogP contribution in [0.4, 0.5) is 5.69 Å². The van der Waals surface area contributed by atoms with E-state index in [1.165, 1.54) is 0 Å². The van der Waals surface area contributed by atoms with Crippen molar-refractivity contribution in [3.05, 3.63) is 59.7 Å². The van der Waals surface area contributed by atoms with E-state index >= 15 is 0 Å². The van der Waals surface area contributed by atoms with E-state index in [9.17, 15) is 4.79 Å². The molecule has 0 bridgehead atoms. The molecule has 2 aromatic rings. The summed E-state index contributed by atoms with van der Waals surface area (Å²) in [6.07, 6.45) is 0. The highest BCUT2D eigenvalue weighted by Gasteiger charge is 2.40. The third kappa shape index (κ3) is 3.57. The lowest BCUT2D eigenvalue weighted by atomic mass is 10.0. The smallest absolute Gasteiger partial charge is 0.378 e. The van der Waals surface area contributed by atoms with Crippen LogP contribution in [0.15, 0.2) is 48.5 Å². The molecule has 0 saturated carbocycles. The molecule has 0 aliphatic rings. The van der Waals surface area contributed by atoms with Crippen molar-refractivity contribution in [1.29, 1.82) is 0 Å². The van der Waals surface area contributed by atoms with Crippen molar-refractivity contribution in [2.24, 2.45) is 0 Å². The topological polar surface area (TPSA) is 48.0 Å². The van der Waals surface area contributed by atoms with Crippen molar-refractivity contribution < 1.29 is 18.1 Å². The van der Waals surface area contributed by atoms with Crippen molar-refractivity contribution in [3.63, 3.8) is 0 Å². The van der Waals surface area contributed by atoms with Crippen molar-refractivity contribution >= 4 is 25.5 Å². The Morgan fingerprint density at radius 2 is 1.21 bits per heavy atom. The highest BCUT2D eigenvalue weighted by molar-refractivity contribution is 6.75. The third-order valence-electron chi connectivity index (χ3n) is 3.95. The Bertz CT molecular complexity index is 671. The summed E-state index contributed by atoms with van der Waals surface area (Å²) in [5.41, 5.74) is 2.32. The highest BCUT2D eigenvalue weighted by atomic mass is 28.4. The average Bonchev–Trinajstić information content (AvgIpc) is 2.63. The summed E-state index contributed by atoms with van der Waals surface area (Å²) in [5, 5.41) is 0.814. The zero-order valence-electron chi connectivity index (χ0n) is 14.7. The van der Waals surface area contributed by atoms with Gasteiger partial charge in [-0.2, -0.15) is 0 Å². The molecule has 24 heavy (non-hydrogen) atoms. The fourth-order valence-electron chi connectivity index (χ4n) is 2.51. The van der Waals surface area contributed by atoms with Crippen LogP contribution >= 0.6 is 0 Å². The SMILES string of the molecule is CO[Si](OC)(OC)c1ccc(C(=O)c2ccc(N(C)C)cc2)cc1. The van der Waals surface area contributed by atoms with Gasteiger partial charge in [0.25, 0.3) is 0 Å². The minimum absolute atomic E-state index is 0.0219. The first-order valence-corrected chi connectivity index (χ1v) is 9.28. The molecule has 0 saturated heterocycles. The first-order chi connectivity index (χ1) is 11.5. The Morgan fingerprint density at radius 3 is 1.58 bits per heavy atom. The van der Waals surface area contributed by atoms with E-state index in [4.69, 9.17) is 13.3 Å². The van der Waals surface area contributed by atoms with Gasteiger partial charge in [0, 0.05) is 57.4 Å². The van der Waals surface area contributed by atoms with Crippen LogP contribution in [-0.4, -0.2) is 50.0 Å². The largest absolute Gasteiger partial charge is 0.536 e. The van der Waals surface area contributed by atoms with Crippen molar-refractivity contribution in [1.82, 2.24) is 0 Å². The molecule has 0 heterocycles. The van der Waals surface area contributed by atoms with Crippen molar-refractivity contribution in [2.45, 2.75) is 0 Å². The molecule has 0 amide bonds. The molecule has 128 valence electrons. The summed E-state index contributed by atoms with van der Waals surface area (Å²) in [5.74, 6) is -0.0219. The minimum Gasteiger partial charge on any atom is -0.378 e. The fourth-order valence-corrected chi connectivity index (χ4v) is 4.29. The van der Waals surface area contributed by atoms with E-state index in [-0.39, 0.29) is 5.78 Å². The zero-order chi connectivity index (χ0) is 17.7. The Morgan fingerprint density at radius 1 is 0.792 bits per heavy atom. The predicted octanol–water partition coefficient (Wildman–Crippen LogP) is 2.07. The fraction of sp³-hybridized carbons (Fsp3) is 0.278. The van der Waals surface area contributed by atoms with E-state index in [0.29, 0.717) is 11.1 Å². The van der Waals surface area contributed by atoms with Crippen LogP contribution in [0.25, 0.3) is 0 Å². The molecule has 0 unspecified atom stereocenters. The standard InChI is InChI=1S/C18H23NO4Si/c1-19(2)16-10-6-14(7-11-16)18(20)15-8-12-17(13-9-15)24(21-3,22-4)23-5/h6-13H,1-5H3. The number of ketones is 1. The first kappa shape index (κ1) is 18.3. The average molecular weight is 345 g/mol. The predicted molar refractivity (Wildman–Crippen MR) is 97.1 cm³/mol. The van der Waals surface area contributed by atoms with E-state index < -0.39 is 8.80 Å². The number of carbonyl (C=O) groups excluding carboxylic acids is 1. The number of hydrogen-bond donors (Lipinski definition) is 0. The van der Waals surface area contributed by atoms with Gasteiger partial charge in [0.2, 0.25) is 0 Å². The van der Waals surface area contributed by atoms with Crippen LogP contribution in [0, 0.1) is 0 Å². The highest BCUT2D eigenvalue weighted by Crippen LogP contribution is 2.16. The van der Waals surface area contributed by atoms with Gasteiger partial charge in [0.05, 0.1) is 0 Å². The number of carbonyl (C=O) groups is 1. The summed E-state index contributed by atoms with van der Waals surface area (Å²) in [7, 11) is 5.74. The second-order valence-corrected chi connectivity index (χ2v) is 8.43. The molecule has 0 aliphatic heterocycles. The maximum absolute atomic E-state index is 12.6. The maximum atomic E-state index is 12.6. The Kier molecular flexibility index (Phi) is 5.90. The number of rotatable bonds is 7. The number of nitrogens with zero attached hydrogens (tertiary/aromatic N) is 1. The molecular weight excluding hydrogens is 322 g/mol. The van der Waals surface area contributed by atoms with Gasteiger partial charge < -0.3 is 18.2 Å². The number of benzene rings is 2. The minimum atomic E-state index is -2.87. The summed E-state index contributed by atoms with van der Waals surface area (Å²) in [4.78, 5) is 14.6. The second-order valence-electron chi connectivity index (χ2n) is 5.52. The third-order valence-corrected chi connectivity index (χ3v) is 6.61. The molecule has 0 fully saturated rings. The molecule has 2 aromatic carbocycles. The molecule has 0 radical (unpaired) electrons. The zero-order valence-corrected chi connectivity index (χ0v) is 15.7. The van der Waals surface area contributed by atoms with Gasteiger partial charge in [0.15, 0.2) is 5.78 Å². The van der Waals surface area contributed by atoms with Crippen molar-refractivity contribution in [2.75, 3.05) is 40.3 Å². The lowest BCUT2D eigenvalue weighted by Gasteiger charge is -2.24. The molecule has 5 nitrogen and oxygen atoms in total. The van der Waals surface area contributed by atoms with Gasteiger partial charge in [-0.1, -0.05) is 24.3 Å². The summed E-state index contributed by atoms with van der Waals surface area (Å²) >= 11 is 0. The maximum Gasteiger partial charge on any atom is 0.536 e. The Labute approximate surface area is 144 Å². The van der Waals surface area contributed by atoms with Crippen LogP contribution in [0.1, 0.15) is 15.9 Å². The number of anilines is 1. The van der Waals surface area contributed by atoms with E-state index in [0.717, 1.165) is 10.9 Å². The Balaban J connectivity index is 2.25. The van der Waals surface area contributed by atoms with Crippen molar-refractivity contribution in [3.8, 4) is 0 Å². The molecular formula is C18H23NO4Si. The van der Waals surface area contributed by atoms with Crippen LogP contribution in [0.2, 0.25) is 0 Å². The van der Waals surface area contributed by atoms with Gasteiger partial charge in [-0.25, -0.2) is 0 Å². The molecule has 0 spiro atoms. The van der Waals surface area contributed by atoms with E-state index in [1.54, 1.807) is 33.5 Å². The summed E-state index contributed by atoms with van der Waals surface area (Å²) in [6, 6.07) is 14.7. The monoisotopic (exact) mass is 345 g/mol. The normalized spacial score (nSPS) is 11.4. The van der Waals surface area contributed by atoms with Crippen LogP contribution < -0.4 is 10.1 Å². The van der Waals surface area contributed by atoms with Gasteiger partial charge in [-0.05, 0) is 24.3 Å². The van der Waals surface area contributed by atoms with Crippen LogP contribution in [-0.2, 0) is 13.3 Å². The molecule has 0 N–H and O–H groups in total. The van der Waals surface area contributed by atoms with Gasteiger partial charge in [-0.15, -0.1) is 0 Å².